The van der Waals surface area contributed by atoms with Crippen molar-refractivity contribution < 1.29 is 0 Å². The average Bonchev–Trinajstić information content (AvgIpc) is 2.91. The lowest BCUT2D eigenvalue weighted by Crippen LogP contribution is -1.96. The predicted molar refractivity (Wildman–Crippen MR) is 75.5 cm³/mol. The van der Waals surface area contributed by atoms with Crippen LogP contribution in [0, 0.1) is 6.92 Å². The zero-order valence-corrected chi connectivity index (χ0v) is 11.4. The number of benzene rings is 1. The van der Waals surface area contributed by atoms with Crippen molar-refractivity contribution in [2.24, 2.45) is 19.8 Å². The summed E-state index contributed by atoms with van der Waals surface area (Å²) in [5, 5.41) is 4.49. The summed E-state index contributed by atoms with van der Waals surface area (Å²) >= 11 is 0. The van der Waals surface area contributed by atoms with E-state index in [2.05, 4.69) is 32.8 Å². The molecule has 19 heavy (non-hydrogen) atoms. The zero-order chi connectivity index (χ0) is 13.6. The molecule has 1 aromatic carbocycles. The molecular weight excluding hydrogens is 238 g/mol. The van der Waals surface area contributed by atoms with Crippen LogP contribution >= 0.6 is 0 Å². The minimum absolute atomic E-state index is 0.489. The maximum Gasteiger partial charge on any atom is 0.106 e. The molecule has 3 aromatic rings. The van der Waals surface area contributed by atoms with Gasteiger partial charge in [0.2, 0.25) is 0 Å². The number of hydrogen-bond donors (Lipinski definition) is 1. The molecule has 0 aliphatic carbocycles. The molecule has 0 fully saturated rings. The Kier molecular flexibility index (Phi) is 2.64. The number of nitrogens with two attached hydrogens (primary N) is 1. The quantitative estimate of drug-likeness (QED) is 0.758. The summed E-state index contributed by atoms with van der Waals surface area (Å²) in [7, 11) is 3.93. The van der Waals surface area contributed by atoms with Crippen molar-refractivity contribution in [1.82, 2.24) is 19.3 Å². The monoisotopic (exact) mass is 255 g/mol. The standard InChI is InChI=1S/C14H17N5/c1-9-16-12-6-10(4-5-13(12)19(9)3)14-11(7-15)8-18(2)17-14/h4-6,8H,7,15H2,1-3H3. The number of rotatable bonds is 2. The molecule has 0 saturated carbocycles. The van der Waals surface area contributed by atoms with E-state index < -0.39 is 0 Å². The number of aromatic nitrogens is 4. The lowest BCUT2D eigenvalue weighted by molar-refractivity contribution is 0.769. The van der Waals surface area contributed by atoms with Gasteiger partial charge in [0.25, 0.3) is 0 Å². The van der Waals surface area contributed by atoms with Crippen LogP contribution in [0.4, 0.5) is 0 Å². The molecule has 0 atom stereocenters. The number of imidazole rings is 1. The lowest BCUT2D eigenvalue weighted by atomic mass is 10.1. The minimum Gasteiger partial charge on any atom is -0.331 e. The number of nitrogens with zero attached hydrogens (tertiary/aromatic N) is 4. The van der Waals surface area contributed by atoms with Crippen LogP contribution in [0.5, 0.6) is 0 Å². The fourth-order valence-corrected chi connectivity index (χ4v) is 2.40. The minimum atomic E-state index is 0.489. The van der Waals surface area contributed by atoms with Crippen LogP contribution in [0.15, 0.2) is 24.4 Å². The second-order valence-corrected chi connectivity index (χ2v) is 4.80. The Bertz CT molecular complexity index is 751. The maximum atomic E-state index is 5.77. The Morgan fingerprint density at radius 2 is 2.05 bits per heavy atom. The molecule has 2 heterocycles. The molecule has 0 radical (unpaired) electrons. The van der Waals surface area contributed by atoms with Crippen LogP contribution < -0.4 is 5.73 Å². The first-order valence-electron chi connectivity index (χ1n) is 6.26. The van der Waals surface area contributed by atoms with E-state index in [1.807, 2.05) is 27.2 Å². The molecule has 0 aliphatic heterocycles. The van der Waals surface area contributed by atoms with Crippen LogP contribution in [-0.4, -0.2) is 19.3 Å². The maximum absolute atomic E-state index is 5.77. The van der Waals surface area contributed by atoms with Crippen LogP contribution in [0.3, 0.4) is 0 Å². The Balaban J connectivity index is 2.20. The highest BCUT2D eigenvalue weighted by atomic mass is 15.3. The Hall–Kier alpha value is -2.14. The molecule has 98 valence electrons. The molecular formula is C14H17N5. The summed E-state index contributed by atoms with van der Waals surface area (Å²) in [6.07, 6.45) is 1.96. The average molecular weight is 255 g/mol. The molecule has 0 unspecified atom stereocenters. The molecule has 0 aliphatic rings. The molecule has 0 bridgehead atoms. The first-order valence-corrected chi connectivity index (χ1v) is 6.26. The predicted octanol–water partition coefficient (Wildman–Crippen LogP) is 1.74. The summed E-state index contributed by atoms with van der Waals surface area (Å²) < 4.78 is 3.88. The first kappa shape index (κ1) is 11.9. The van der Waals surface area contributed by atoms with E-state index in [9.17, 15) is 0 Å². The van der Waals surface area contributed by atoms with Crippen molar-refractivity contribution in [2.45, 2.75) is 13.5 Å². The molecule has 3 rings (SSSR count). The molecule has 0 saturated heterocycles. The van der Waals surface area contributed by atoms with Gasteiger partial charge in [0.1, 0.15) is 5.82 Å². The van der Waals surface area contributed by atoms with Crippen molar-refractivity contribution in [1.29, 1.82) is 0 Å². The van der Waals surface area contributed by atoms with Crippen molar-refractivity contribution in [2.75, 3.05) is 0 Å². The normalized spacial score (nSPS) is 11.4. The molecule has 0 spiro atoms. The fraction of sp³-hybridized carbons (Fsp3) is 0.286. The second kappa shape index (κ2) is 4.20. The third-order valence-corrected chi connectivity index (χ3v) is 3.50. The number of fused-ring (bicyclic) bond motifs is 1. The third-order valence-electron chi connectivity index (χ3n) is 3.50. The van der Waals surface area contributed by atoms with Gasteiger partial charge in [0, 0.05) is 38.0 Å². The third kappa shape index (κ3) is 1.82. The first-order chi connectivity index (χ1) is 9.10. The van der Waals surface area contributed by atoms with Gasteiger partial charge >= 0.3 is 0 Å². The van der Waals surface area contributed by atoms with Gasteiger partial charge in [0.05, 0.1) is 16.7 Å². The van der Waals surface area contributed by atoms with Gasteiger partial charge in [-0.25, -0.2) is 4.98 Å². The largest absolute Gasteiger partial charge is 0.331 e. The highest BCUT2D eigenvalue weighted by Crippen LogP contribution is 2.25. The zero-order valence-electron chi connectivity index (χ0n) is 11.4. The molecule has 2 aromatic heterocycles. The molecule has 5 heteroatoms. The van der Waals surface area contributed by atoms with Gasteiger partial charge < -0.3 is 10.3 Å². The van der Waals surface area contributed by atoms with Gasteiger partial charge in [0.15, 0.2) is 0 Å². The van der Waals surface area contributed by atoms with Gasteiger partial charge in [-0.2, -0.15) is 5.10 Å². The van der Waals surface area contributed by atoms with E-state index >= 15 is 0 Å². The van der Waals surface area contributed by atoms with E-state index in [-0.39, 0.29) is 0 Å². The van der Waals surface area contributed by atoms with E-state index in [4.69, 9.17) is 5.73 Å². The summed E-state index contributed by atoms with van der Waals surface area (Å²) in [4.78, 5) is 4.56. The second-order valence-electron chi connectivity index (χ2n) is 4.80. The Morgan fingerprint density at radius 3 is 2.79 bits per heavy atom. The highest BCUT2D eigenvalue weighted by Gasteiger charge is 2.11. The fourth-order valence-electron chi connectivity index (χ4n) is 2.40. The summed E-state index contributed by atoms with van der Waals surface area (Å²) in [6, 6.07) is 6.23. The molecule has 5 nitrogen and oxygen atoms in total. The van der Waals surface area contributed by atoms with Crippen LogP contribution in [0.25, 0.3) is 22.3 Å². The van der Waals surface area contributed by atoms with Crippen molar-refractivity contribution in [3.63, 3.8) is 0 Å². The van der Waals surface area contributed by atoms with Crippen LogP contribution in [0.2, 0.25) is 0 Å². The van der Waals surface area contributed by atoms with Crippen LogP contribution in [-0.2, 0) is 20.6 Å². The SMILES string of the molecule is Cc1nc2cc(-c3nn(C)cc3CN)ccc2n1C. The lowest BCUT2D eigenvalue weighted by Gasteiger charge is -2.01. The molecule has 0 amide bonds. The van der Waals surface area contributed by atoms with E-state index in [1.54, 1.807) is 4.68 Å². The van der Waals surface area contributed by atoms with Gasteiger partial charge in [-0.05, 0) is 19.1 Å². The molecule has 2 N–H and O–H groups in total. The van der Waals surface area contributed by atoms with E-state index in [0.29, 0.717) is 6.54 Å². The van der Waals surface area contributed by atoms with Gasteiger partial charge in [-0.15, -0.1) is 0 Å². The Morgan fingerprint density at radius 1 is 1.26 bits per heavy atom. The van der Waals surface area contributed by atoms with Crippen LogP contribution in [0.1, 0.15) is 11.4 Å². The summed E-state index contributed by atoms with van der Waals surface area (Å²) in [5.74, 6) is 1.01. The van der Waals surface area contributed by atoms with Crippen molar-refractivity contribution in [3.8, 4) is 11.3 Å². The summed E-state index contributed by atoms with van der Waals surface area (Å²) in [6.45, 7) is 2.49. The highest BCUT2D eigenvalue weighted by molar-refractivity contribution is 5.82. The van der Waals surface area contributed by atoms with E-state index in [0.717, 1.165) is 33.7 Å². The van der Waals surface area contributed by atoms with E-state index in [1.165, 1.54) is 0 Å². The number of hydrogen-bond acceptors (Lipinski definition) is 3. The summed E-state index contributed by atoms with van der Waals surface area (Å²) in [5.41, 5.74) is 10.9. The van der Waals surface area contributed by atoms with Crippen molar-refractivity contribution in [3.05, 3.63) is 35.8 Å². The topological polar surface area (TPSA) is 61.7 Å². The van der Waals surface area contributed by atoms with Gasteiger partial charge in [-0.3, -0.25) is 4.68 Å². The number of aryl methyl sites for hydroxylation is 3. The van der Waals surface area contributed by atoms with Crippen molar-refractivity contribution >= 4 is 11.0 Å². The van der Waals surface area contributed by atoms with Gasteiger partial charge in [-0.1, -0.05) is 6.07 Å². The smallest absolute Gasteiger partial charge is 0.106 e. The Labute approximate surface area is 111 Å².